The Bertz CT molecular complexity index is 352. The SMILES string of the molecule is CC(C)C(CCl)NC(=O)c1ccc(Cl)cn1. The normalized spacial score (nSPS) is 12.6. The van der Waals surface area contributed by atoms with Gasteiger partial charge in [0, 0.05) is 18.1 Å². The minimum atomic E-state index is -0.226. The highest BCUT2D eigenvalue weighted by molar-refractivity contribution is 6.30. The highest BCUT2D eigenvalue weighted by atomic mass is 35.5. The van der Waals surface area contributed by atoms with Gasteiger partial charge in [-0.2, -0.15) is 0 Å². The molecule has 0 spiro atoms. The van der Waals surface area contributed by atoms with Crippen molar-refractivity contribution < 1.29 is 4.79 Å². The standard InChI is InChI=1S/C11H14Cl2N2O/c1-7(2)10(5-12)15-11(16)9-4-3-8(13)6-14-9/h3-4,6-7,10H,5H2,1-2H3,(H,15,16). The van der Waals surface area contributed by atoms with E-state index in [0.29, 0.717) is 16.6 Å². The second kappa shape index (κ2) is 6.06. The smallest absolute Gasteiger partial charge is 0.270 e. The first kappa shape index (κ1) is 13.3. The van der Waals surface area contributed by atoms with Crippen molar-refractivity contribution in [1.82, 2.24) is 10.3 Å². The first-order chi connectivity index (χ1) is 7.54. The van der Waals surface area contributed by atoms with Crippen LogP contribution in [0.4, 0.5) is 0 Å². The second-order valence-corrected chi connectivity index (χ2v) is 4.58. The molecule has 0 aliphatic rings. The summed E-state index contributed by atoms with van der Waals surface area (Å²) < 4.78 is 0. The molecule has 1 aromatic heterocycles. The van der Waals surface area contributed by atoms with Crippen molar-refractivity contribution in [3.05, 3.63) is 29.0 Å². The fourth-order valence-electron chi connectivity index (χ4n) is 1.14. The Labute approximate surface area is 105 Å². The molecule has 0 bridgehead atoms. The zero-order chi connectivity index (χ0) is 12.1. The van der Waals surface area contributed by atoms with Crippen molar-refractivity contribution in [1.29, 1.82) is 0 Å². The highest BCUT2D eigenvalue weighted by Crippen LogP contribution is 2.08. The molecule has 0 saturated carbocycles. The summed E-state index contributed by atoms with van der Waals surface area (Å²) in [6, 6.07) is 3.17. The van der Waals surface area contributed by atoms with Crippen LogP contribution in [0.15, 0.2) is 18.3 Å². The molecule has 88 valence electrons. The minimum Gasteiger partial charge on any atom is -0.347 e. The number of pyridine rings is 1. The van der Waals surface area contributed by atoms with Crippen LogP contribution in [0.2, 0.25) is 5.02 Å². The van der Waals surface area contributed by atoms with Crippen molar-refractivity contribution in [2.45, 2.75) is 19.9 Å². The van der Waals surface area contributed by atoms with E-state index in [4.69, 9.17) is 23.2 Å². The lowest BCUT2D eigenvalue weighted by Gasteiger charge is -2.19. The number of nitrogens with zero attached hydrogens (tertiary/aromatic N) is 1. The number of rotatable bonds is 4. The average Bonchev–Trinajstić information content (AvgIpc) is 2.26. The number of hydrogen-bond acceptors (Lipinski definition) is 2. The van der Waals surface area contributed by atoms with E-state index in [1.165, 1.54) is 6.20 Å². The Kier molecular flexibility index (Phi) is 5.03. The lowest BCUT2D eigenvalue weighted by Crippen LogP contribution is -2.40. The molecule has 0 aliphatic carbocycles. The summed E-state index contributed by atoms with van der Waals surface area (Å²) >= 11 is 11.4. The zero-order valence-electron chi connectivity index (χ0n) is 9.21. The van der Waals surface area contributed by atoms with Gasteiger partial charge in [0.2, 0.25) is 0 Å². The minimum absolute atomic E-state index is 0.0494. The summed E-state index contributed by atoms with van der Waals surface area (Å²) in [5, 5.41) is 3.33. The van der Waals surface area contributed by atoms with Crippen LogP contribution in [0.1, 0.15) is 24.3 Å². The van der Waals surface area contributed by atoms with Crippen LogP contribution in [-0.2, 0) is 0 Å². The van der Waals surface area contributed by atoms with E-state index in [1.807, 2.05) is 13.8 Å². The molecule has 1 rings (SSSR count). The third-order valence-electron chi connectivity index (χ3n) is 2.25. The molecular formula is C11H14Cl2N2O. The van der Waals surface area contributed by atoms with Crippen LogP contribution in [0, 0.1) is 5.92 Å². The van der Waals surface area contributed by atoms with Gasteiger partial charge in [-0.3, -0.25) is 4.79 Å². The number of amides is 1. The quantitative estimate of drug-likeness (QED) is 0.847. The molecule has 16 heavy (non-hydrogen) atoms. The largest absolute Gasteiger partial charge is 0.347 e. The van der Waals surface area contributed by atoms with Gasteiger partial charge in [-0.05, 0) is 18.1 Å². The fourth-order valence-corrected chi connectivity index (χ4v) is 1.68. The molecule has 5 heteroatoms. The van der Waals surface area contributed by atoms with E-state index >= 15 is 0 Å². The lowest BCUT2D eigenvalue weighted by molar-refractivity contribution is 0.0926. The van der Waals surface area contributed by atoms with Gasteiger partial charge in [-0.1, -0.05) is 25.4 Å². The van der Waals surface area contributed by atoms with Gasteiger partial charge in [0.25, 0.3) is 5.91 Å². The van der Waals surface area contributed by atoms with Crippen molar-refractivity contribution >= 4 is 29.1 Å². The van der Waals surface area contributed by atoms with Crippen LogP contribution < -0.4 is 5.32 Å². The van der Waals surface area contributed by atoms with Crippen molar-refractivity contribution in [3.63, 3.8) is 0 Å². The number of nitrogens with one attached hydrogen (secondary N) is 1. The topological polar surface area (TPSA) is 42.0 Å². The molecule has 0 fully saturated rings. The van der Waals surface area contributed by atoms with Crippen LogP contribution in [0.25, 0.3) is 0 Å². The number of hydrogen-bond donors (Lipinski definition) is 1. The monoisotopic (exact) mass is 260 g/mol. The van der Waals surface area contributed by atoms with E-state index in [2.05, 4.69) is 10.3 Å². The number of alkyl halides is 1. The number of aromatic nitrogens is 1. The third-order valence-corrected chi connectivity index (χ3v) is 2.80. The summed E-state index contributed by atoms with van der Waals surface area (Å²) in [5.74, 6) is 0.446. The number of carbonyl (C=O) groups is 1. The fraction of sp³-hybridized carbons (Fsp3) is 0.455. The summed E-state index contributed by atoms with van der Waals surface area (Å²) in [5.41, 5.74) is 0.347. The molecule has 1 aromatic rings. The molecule has 1 unspecified atom stereocenters. The third kappa shape index (κ3) is 3.65. The van der Waals surface area contributed by atoms with E-state index < -0.39 is 0 Å². The summed E-state index contributed by atoms with van der Waals surface area (Å²) in [7, 11) is 0. The summed E-state index contributed by atoms with van der Waals surface area (Å²) in [6.07, 6.45) is 1.45. The predicted octanol–water partition coefficient (Wildman–Crippen LogP) is 2.73. The molecule has 1 heterocycles. The summed E-state index contributed by atoms with van der Waals surface area (Å²) in [6.45, 7) is 4.01. The average molecular weight is 261 g/mol. The first-order valence-corrected chi connectivity index (χ1v) is 5.94. The van der Waals surface area contributed by atoms with E-state index in [1.54, 1.807) is 12.1 Å². The maximum absolute atomic E-state index is 11.8. The van der Waals surface area contributed by atoms with Gasteiger partial charge >= 0.3 is 0 Å². The van der Waals surface area contributed by atoms with Crippen molar-refractivity contribution in [2.75, 3.05) is 5.88 Å². The van der Waals surface area contributed by atoms with Gasteiger partial charge in [-0.25, -0.2) is 4.98 Å². The second-order valence-electron chi connectivity index (χ2n) is 3.84. The van der Waals surface area contributed by atoms with Crippen LogP contribution >= 0.6 is 23.2 Å². The summed E-state index contributed by atoms with van der Waals surface area (Å²) in [4.78, 5) is 15.7. The zero-order valence-corrected chi connectivity index (χ0v) is 10.7. The maximum Gasteiger partial charge on any atom is 0.270 e. The van der Waals surface area contributed by atoms with Crippen molar-refractivity contribution in [3.8, 4) is 0 Å². The number of halogens is 2. The van der Waals surface area contributed by atoms with Gasteiger partial charge in [0.1, 0.15) is 5.69 Å². The first-order valence-electron chi connectivity index (χ1n) is 5.03. The Balaban J connectivity index is 2.68. The Morgan fingerprint density at radius 1 is 1.50 bits per heavy atom. The molecule has 1 N–H and O–H groups in total. The van der Waals surface area contributed by atoms with Gasteiger partial charge in [0.15, 0.2) is 0 Å². The molecule has 1 amide bonds. The molecule has 3 nitrogen and oxygen atoms in total. The van der Waals surface area contributed by atoms with Crippen LogP contribution in [-0.4, -0.2) is 22.8 Å². The molecule has 0 saturated heterocycles. The Hall–Kier alpha value is -0.800. The van der Waals surface area contributed by atoms with E-state index in [0.717, 1.165) is 0 Å². The molecule has 0 aliphatic heterocycles. The van der Waals surface area contributed by atoms with Gasteiger partial charge in [-0.15, -0.1) is 11.6 Å². The number of carbonyl (C=O) groups excluding carboxylic acids is 1. The maximum atomic E-state index is 11.8. The molecule has 1 atom stereocenters. The Morgan fingerprint density at radius 3 is 2.62 bits per heavy atom. The van der Waals surface area contributed by atoms with E-state index in [-0.39, 0.29) is 17.9 Å². The molecule has 0 aromatic carbocycles. The van der Waals surface area contributed by atoms with Crippen LogP contribution in [0.5, 0.6) is 0 Å². The molecular weight excluding hydrogens is 247 g/mol. The Morgan fingerprint density at radius 2 is 2.19 bits per heavy atom. The molecule has 0 radical (unpaired) electrons. The van der Waals surface area contributed by atoms with Crippen LogP contribution in [0.3, 0.4) is 0 Å². The van der Waals surface area contributed by atoms with Gasteiger partial charge < -0.3 is 5.32 Å². The van der Waals surface area contributed by atoms with Gasteiger partial charge in [0.05, 0.1) is 5.02 Å². The van der Waals surface area contributed by atoms with E-state index in [9.17, 15) is 4.79 Å². The van der Waals surface area contributed by atoms with Crippen molar-refractivity contribution in [2.24, 2.45) is 5.92 Å². The lowest BCUT2D eigenvalue weighted by atomic mass is 10.1. The highest BCUT2D eigenvalue weighted by Gasteiger charge is 2.16. The predicted molar refractivity (Wildman–Crippen MR) is 66.1 cm³/mol.